The van der Waals surface area contributed by atoms with Crippen molar-refractivity contribution in [2.45, 2.75) is 33.6 Å². The fourth-order valence-electron chi connectivity index (χ4n) is 2.90. The lowest BCUT2D eigenvalue weighted by atomic mass is 10.1. The van der Waals surface area contributed by atoms with Crippen molar-refractivity contribution in [1.29, 1.82) is 0 Å². The van der Waals surface area contributed by atoms with Crippen LogP contribution < -0.4 is 26.1 Å². The maximum Gasteiger partial charge on any atom is 0.268 e. The summed E-state index contributed by atoms with van der Waals surface area (Å²) in [5.41, 5.74) is 6.91. The molecule has 0 atom stereocenters. The first-order valence-electron chi connectivity index (χ1n) is 11.5. The van der Waals surface area contributed by atoms with Gasteiger partial charge in [0.1, 0.15) is 12.4 Å². The van der Waals surface area contributed by atoms with E-state index in [9.17, 15) is 4.79 Å². The number of likely N-dealkylation sites (N-methyl/N-ethyl adjacent to an activating group) is 1. The van der Waals surface area contributed by atoms with Crippen LogP contribution in [0, 0.1) is 12.5 Å². The summed E-state index contributed by atoms with van der Waals surface area (Å²) in [5.74, 6) is 0.631. The number of terminal acetylenes is 1. The number of nitrogens with zero attached hydrogens (tertiary/aromatic N) is 1. The van der Waals surface area contributed by atoms with Crippen LogP contribution in [0.3, 0.4) is 0 Å². The van der Waals surface area contributed by atoms with E-state index in [0.717, 1.165) is 36.5 Å². The van der Waals surface area contributed by atoms with Crippen molar-refractivity contribution >= 4 is 11.6 Å². The number of para-hydroxylation sites is 2. The fourth-order valence-corrected chi connectivity index (χ4v) is 2.90. The number of rotatable bonds is 12. The van der Waals surface area contributed by atoms with Gasteiger partial charge in [-0.2, -0.15) is 0 Å². The molecule has 0 saturated carbocycles. The molecule has 2 rings (SSSR count). The fraction of sp³-hybridized carbons (Fsp3) is 0.370. The molecule has 0 aliphatic carbocycles. The number of amides is 1. The van der Waals surface area contributed by atoms with Crippen molar-refractivity contribution in [3.8, 4) is 18.2 Å². The van der Waals surface area contributed by atoms with Gasteiger partial charge in [-0.05, 0) is 44.5 Å². The average Bonchev–Trinajstić information content (AvgIpc) is 2.84. The number of hydrogen-bond donors (Lipinski definition) is 4. The summed E-state index contributed by atoms with van der Waals surface area (Å²) in [6.45, 7) is 12.5. The topological polar surface area (TPSA) is 77.7 Å². The Balaban J connectivity index is 0.000000411. The van der Waals surface area contributed by atoms with E-state index in [1.54, 1.807) is 0 Å². The molecule has 7 heteroatoms. The maximum atomic E-state index is 11.8. The Morgan fingerprint density at radius 3 is 2.74 bits per heavy atom. The smallest absolute Gasteiger partial charge is 0.268 e. The summed E-state index contributed by atoms with van der Waals surface area (Å²) in [6.07, 6.45) is 14.8. The summed E-state index contributed by atoms with van der Waals surface area (Å²) >= 11 is 0. The SMILES string of the molecule is C#CNN1CNC(CNc2ccccc2OCCC)=CC1=O.C=C/C=C(\C=C(\C)CC)CNC. The zero-order valence-corrected chi connectivity index (χ0v) is 20.9. The second kappa shape index (κ2) is 16.9. The monoisotopic (exact) mass is 465 g/mol. The van der Waals surface area contributed by atoms with Gasteiger partial charge >= 0.3 is 0 Å². The number of hydrogen-bond acceptors (Lipinski definition) is 6. The largest absolute Gasteiger partial charge is 0.491 e. The van der Waals surface area contributed by atoms with Gasteiger partial charge in [0.2, 0.25) is 0 Å². The van der Waals surface area contributed by atoms with Crippen molar-refractivity contribution in [2.75, 3.05) is 38.7 Å². The molecule has 1 aliphatic rings. The number of carbonyl (C=O) groups is 1. The Morgan fingerprint density at radius 2 is 2.12 bits per heavy atom. The average molecular weight is 466 g/mol. The zero-order chi connectivity index (χ0) is 25.2. The highest BCUT2D eigenvalue weighted by Gasteiger charge is 2.17. The minimum Gasteiger partial charge on any atom is -0.491 e. The molecule has 34 heavy (non-hydrogen) atoms. The lowest BCUT2D eigenvalue weighted by Crippen LogP contribution is -2.49. The molecule has 4 N–H and O–H groups in total. The molecule has 1 amide bonds. The molecule has 1 heterocycles. The molecule has 184 valence electrons. The number of hydrazine groups is 1. The van der Waals surface area contributed by atoms with E-state index < -0.39 is 0 Å². The Morgan fingerprint density at radius 1 is 1.35 bits per heavy atom. The number of nitrogens with one attached hydrogen (secondary N) is 4. The molecule has 1 aromatic rings. The highest BCUT2D eigenvalue weighted by atomic mass is 16.5. The van der Waals surface area contributed by atoms with Gasteiger partial charge in [0.15, 0.2) is 0 Å². The molecule has 0 unspecified atom stereocenters. The second-order valence-electron chi connectivity index (χ2n) is 7.58. The molecule has 0 fully saturated rings. The summed E-state index contributed by atoms with van der Waals surface area (Å²) in [5, 5.41) is 10.8. The van der Waals surface area contributed by atoms with Crippen molar-refractivity contribution in [2.24, 2.45) is 0 Å². The molecule has 0 saturated heterocycles. The number of anilines is 1. The lowest BCUT2D eigenvalue weighted by Gasteiger charge is -2.26. The van der Waals surface area contributed by atoms with E-state index in [4.69, 9.17) is 11.2 Å². The highest BCUT2D eigenvalue weighted by molar-refractivity contribution is 5.89. The van der Waals surface area contributed by atoms with E-state index in [1.165, 1.54) is 22.2 Å². The standard InChI is InChI=1S/C16H20N4O2.C11H19N/c1-3-9-22-15-8-6-5-7-14(15)17-11-13-10-16(21)20(12-18-13)19-4-2;1-5-7-11(9-12-4)8-10(3)6-2/h2,5-8,10,17-19H,3,9,11-12H2,1H3;5,7-8,12H,1,6,9H2,2-4H3/b;10-8-,11-7+. The summed E-state index contributed by atoms with van der Waals surface area (Å²) in [4.78, 5) is 11.8. The Labute approximate surface area is 205 Å². The van der Waals surface area contributed by atoms with Crippen LogP contribution in [0.15, 0.2) is 72.0 Å². The first-order valence-corrected chi connectivity index (χ1v) is 11.5. The van der Waals surface area contributed by atoms with E-state index in [1.807, 2.05) is 43.5 Å². The first kappa shape index (κ1) is 28.4. The number of benzene rings is 1. The van der Waals surface area contributed by atoms with E-state index in [-0.39, 0.29) is 5.91 Å². The number of ether oxygens (including phenoxy) is 1. The van der Waals surface area contributed by atoms with Crippen LogP contribution in [-0.2, 0) is 4.79 Å². The predicted molar refractivity (Wildman–Crippen MR) is 142 cm³/mol. The third kappa shape index (κ3) is 10.8. The van der Waals surface area contributed by atoms with E-state index >= 15 is 0 Å². The van der Waals surface area contributed by atoms with Crippen molar-refractivity contribution in [3.05, 3.63) is 72.0 Å². The van der Waals surface area contributed by atoms with Gasteiger partial charge in [0, 0.05) is 24.4 Å². The van der Waals surface area contributed by atoms with Crippen LogP contribution in [0.4, 0.5) is 5.69 Å². The normalized spacial score (nSPS) is 13.6. The maximum absolute atomic E-state index is 11.8. The lowest BCUT2D eigenvalue weighted by molar-refractivity contribution is -0.129. The van der Waals surface area contributed by atoms with Gasteiger partial charge in [-0.15, -0.1) is 0 Å². The Hall–Kier alpha value is -3.63. The summed E-state index contributed by atoms with van der Waals surface area (Å²) in [7, 11) is 1.95. The molecule has 0 spiro atoms. The zero-order valence-electron chi connectivity index (χ0n) is 20.9. The van der Waals surface area contributed by atoms with Gasteiger partial charge in [-0.3, -0.25) is 10.2 Å². The Kier molecular flexibility index (Phi) is 14.1. The van der Waals surface area contributed by atoms with Crippen LogP contribution in [-0.4, -0.2) is 44.3 Å². The third-order valence-corrected chi connectivity index (χ3v) is 4.75. The molecular weight excluding hydrogens is 426 g/mol. The molecule has 0 aromatic heterocycles. The van der Waals surface area contributed by atoms with Gasteiger partial charge in [0.25, 0.3) is 5.91 Å². The molecule has 7 nitrogen and oxygen atoms in total. The number of allylic oxidation sites excluding steroid dienone is 3. The molecule has 0 bridgehead atoms. The van der Waals surface area contributed by atoms with Gasteiger partial charge in [-0.1, -0.05) is 62.8 Å². The van der Waals surface area contributed by atoms with Crippen LogP contribution >= 0.6 is 0 Å². The van der Waals surface area contributed by atoms with Crippen molar-refractivity contribution < 1.29 is 9.53 Å². The molecule has 1 aromatic carbocycles. The predicted octanol–water partition coefficient (Wildman–Crippen LogP) is 3.93. The second-order valence-corrected chi connectivity index (χ2v) is 7.58. The van der Waals surface area contributed by atoms with E-state index in [2.05, 4.69) is 60.8 Å². The quantitative estimate of drug-likeness (QED) is 0.213. The molecule has 0 radical (unpaired) electrons. The minimum atomic E-state index is -0.177. The highest BCUT2D eigenvalue weighted by Crippen LogP contribution is 2.24. The van der Waals surface area contributed by atoms with Crippen LogP contribution in [0.25, 0.3) is 0 Å². The van der Waals surface area contributed by atoms with Crippen LogP contribution in [0.1, 0.15) is 33.6 Å². The van der Waals surface area contributed by atoms with Gasteiger partial charge in [-0.25, -0.2) is 5.01 Å². The van der Waals surface area contributed by atoms with Gasteiger partial charge < -0.3 is 20.7 Å². The molecular formula is C27H39N5O2. The van der Waals surface area contributed by atoms with Crippen LogP contribution in [0.5, 0.6) is 5.75 Å². The minimum absolute atomic E-state index is 0.177. The van der Waals surface area contributed by atoms with Crippen molar-refractivity contribution in [3.63, 3.8) is 0 Å². The molecule has 1 aliphatic heterocycles. The van der Waals surface area contributed by atoms with Gasteiger partial charge in [0.05, 0.1) is 18.8 Å². The van der Waals surface area contributed by atoms with Crippen LogP contribution in [0.2, 0.25) is 0 Å². The third-order valence-electron chi connectivity index (χ3n) is 4.75. The van der Waals surface area contributed by atoms with E-state index in [0.29, 0.717) is 19.8 Å². The first-order chi connectivity index (χ1) is 16.5. The summed E-state index contributed by atoms with van der Waals surface area (Å²) in [6, 6.07) is 9.96. The summed E-state index contributed by atoms with van der Waals surface area (Å²) < 4.78 is 5.69. The van der Waals surface area contributed by atoms with Crippen molar-refractivity contribution in [1.82, 2.24) is 21.1 Å². The Bertz CT molecular complexity index is 912. The number of carbonyl (C=O) groups excluding carboxylic acids is 1.